The number of nitrogens with one attached hydrogen (secondary N) is 3. The number of hydrogen-bond donors (Lipinski definition) is 3. The van der Waals surface area contributed by atoms with Gasteiger partial charge >= 0.3 is 0 Å². The minimum Gasteiger partial charge on any atom is -0.377 e. The Kier molecular flexibility index (Phi) is 3.95. The third-order valence-corrected chi connectivity index (χ3v) is 6.25. The Bertz CT molecular complexity index is 493. The van der Waals surface area contributed by atoms with Crippen molar-refractivity contribution in [2.45, 2.75) is 63.6 Å². The van der Waals surface area contributed by atoms with E-state index >= 15 is 0 Å². The van der Waals surface area contributed by atoms with E-state index < -0.39 is 0 Å². The molecular weight excluding hydrogens is 292 g/mol. The number of rotatable bonds is 3. The van der Waals surface area contributed by atoms with Crippen LogP contribution in [0.1, 0.15) is 45.4 Å². The van der Waals surface area contributed by atoms with Crippen molar-refractivity contribution in [2.75, 3.05) is 19.7 Å². The van der Waals surface area contributed by atoms with Gasteiger partial charge in [-0.3, -0.25) is 9.79 Å². The van der Waals surface area contributed by atoms with Crippen LogP contribution >= 0.6 is 0 Å². The average molecular weight is 320 g/mol. The van der Waals surface area contributed by atoms with E-state index in [4.69, 9.17) is 4.74 Å². The first-order valence-corrected chi connectivity index (χ1v) is 9.19. The molecule has 4 aliphatic rings. The van der Waals surface area contributed by atoms with Gasteiger partial charge in [-0.05, 0) is 32.6 Å². The zero-order valence-electron chi connectivity index (χ0n) is 13.9. The van der Waals surface area contributed by atoms with Gasteiger partial charge < -0.3 is 20.7 Å². The molecule has 2 aliphatic heterocycles. The lowest BCUT2D eigenvalue weighted by molar-refractivity contribution is -0.171. The fourth-order valence-electron chi connectivity index (χ4n) is 4.94. The molecule has 1 spiro atoms. The number of ether oxygens (including phenoxy) is 1. The zero-order valence-corrected chi connectivity index (χ0v) is 13.9. The molecule has 2 heterocycles. The highest BCUT2D eigenvalue weighted by Gasteiger charge is 2.66. The lowest BCUT2D eigenvalue weighted by atomic mass is 9.46. The van der Waals surface area contributed by atoms with Crippen LogP contribution in [0.25, 0.3) is 0 Å². The molecule has 4 rings (SSSR count). The summed E-state index contributed by atoms with van der Waals surface area (Å²) in [6.07, 6.45) is 7.01. The molecule has 0 radical (unpaired) electrons. The minimum absolute atomic E-state index is 0.156. The highest BCUT2D eigenvalue weighted by Crippen LogP contribution is 2.62. The van der Waals surface area contributed by atoms with Crippen molar-refractivity contribution in [2.24, 2.45) is 16.3 Å². The van der Waals surface area contributed by atoms with E-state index in [1.165, 1.54) is 25.7 Å². The van der Waals surface area contributed by atoms with Gasteiger partial charge in [-0.2, -0.15) is 0 Å². The quantitative estimate of drug-likeness (QED) is 0.531. The van der Waals surface area contributed by atoms with Gasteiger partial charge in [0.05, 0.1) is 6.10 Å². The number of fused-ring (bicyclic) bond motifs is 2. The molecular formula is C17H28N4O2. The SMILES string of the molecule is CCN=C(NC1CCC(=O)NC1)NC1C2CCOC2C12CCC2. The van der Waals surface area contributed by atoms with E-state index in [1.54, 1.807) is 0 Å². The van der Waals surface area contributed by atoms with E-state index in [1.807, 2.05) is 0 Å². The summed E-state index contributed by atoms with van der Waals surface area (Å²) >= 11 is 0. The van der Waals surface area contributed by atoms with Crippen molar-refractivity contribution >= 4 is 11.9 Å². The summed E-state index contributed by atoms with van der Waals surface area (Å²) in [6, 6.07) is 0.776. The summed E-state index contributed by atoms with van der Waals surface area (Å²) in [6.45, 7) is 4.43. The van der Waals surface area contributed by atoms with Crippen LogP contribution in [0, 0.1) is 11.3 Å². The van der Waals surface area contributed by atoms with Crippen LogP contribution < -0.4 is 16.0 Å². The molecule has 2 aliphatic carbocycles. The number of carbonyl (C=O) groups excluding carboxylic acids is 1. The van der Waals surface area contributed by atoms with E-state index in [0.29, 0.717) is 36.4 Å². The van der Waals surface area contributed by atoms with E-state index in [-0.39, 0.29) is 11.9 Å². The van der Waals surface area contributed by atoms with E-state index in [9.17, 15) is 4.79 Å². The number of amides is 1. The Morgan fingerprint density at radius 1 is 1.39 bits per heavy atom. The average Bonchev–Trinajstić information content (AvgIpc) is 2.91. The summed E-state index contributed by atoms with van der Waals surface area (Å²) in [7, 11) is 0. The second-order valence-corrected chi connectivity index (χ2v) is 7.46. The first kappa shape index (κ1) is 15.2. The van der Waals surface area contributed by atoms with Crippen LogP contribution in [0.3, 0.4) is 0 Å². The first-order valence-electron chi connectivity index (χ1n) is 9.19. The number of aliphatic imine (C=N–C) groups is 1. The Labute approximate surface area is 137 Å². The molecule has 3 N–H and O–H groups in total. The third kappa shape index (κ3) is 2.51. The molecule has 4 atom stereocenters. The molecule has 0 bridgehead atoms. The topological polar surface area (TPSA) is 74.8 Å². The van der Waals surface area contributed by atoms with Crippen LogP contribution in [-0.2, 0) is 9.53 Å². The minimum atomic E-state index is 0.156. The normalized spacial score (nSPS) is 38.3. The Morgan fingerprint density at radius 3 is 2.91 bits per heavy atom. The molecule has 1 amide bonds. The maximum absolute atomic E-state index is 11.3. The fraction of sp³-hybridized carbons (Fsp3) is 0.882. The fourth-order valence-corrected chi connectivity index (χ4v) is 4.94. The molecule has 2 saturated carbocycles. The number of carbonyl (C=O) groups is 1. The smallest absolute Gasteiger partial charge is 0.220 e. The summed E-state index contributed by atoms with van der Waals surface area (Å²) in [4.78, 5) is 15.9. The summed E-state index contributed by atoms with van der Waals surface area (Å²) in [5.41, 5.74) is 0.359. The summed E-state index contributed by atoms with van der Waals surface area (Å²) in [5.74, 6) is 1.71. The molecule has 0 aromatic carbocycles. The van der Waals surface area contributed by atoms with Gasteiger partial charge in [-0.25, -0.2) is 0 Å². The van der Waals surface area contributed by atoms with Crippen LogP contribution in [0.15, 0.2) is 4.99 Å². The molecule has 23 heavy (non-hydrogen) atoms. The van der Waals surface area contributed by atoms with Crippen LogP contribution in [0.2, 0.25) is 0 Å². The number of piperidine rings is 1. The number of hydrogen-bond acceptors (Lipinski definition) is 3. The van der Waals surface area contributed by atoms with E-state index in [2.05, 4.69) is 27.9 Å². The maximum Gasteiger partial charge on any atom is 0.220 e. The van der Waals surface area contributed by atoms with Crippen LogP contribution in [0.5, 0.6) is 0 Å². The van der Waals surface area contributed by atoms with E-state index in [0.717, 1.165) is 25.5 Å². The maximum atomic E-state index is 11.3. The highest BCUT2D eigenvalue weighted by atomic mass is 16.5. The highest BCUT2D eigenvalue weighted by molar-refractivity contribution is 5.82. The van der Waals surface area contributed by atoms with Gasteiger partial charge in [0.2, 0.25) is 5.91 Å². The first-order chi connectivity index (χ1) is 11.2. The standard InChI is InChI=1S/C17H28N4O2/c1-2-18-16(20-11-4-5-13(22)19-10-11)21-14-12-6-9-23-15(12)17(14)7-3-8-17/h11-12,14-15H,2-10H2,1H3,(H,19,22)(H2,18,20,21). The number of nitrogens with zero attached hydrogens (tertiary/aromatic N) is 1. The molecule has 4 fully saturated rings. The molecule has 128 valence electrons. The van der Waals surface area contributed by atoms with Crippen molar-refractivity contribution in [3.8, 4) is 0 Å². The van der Waals surface area contributed by atoms with Gasteiger partial charge in [0.1, 0.15) is 0 Å². The van der Waals surface area contributed by atoms with Gasteiger partial charge in [0.25, 0.3) is 0 Å². The lowest BCUT2D eigenvalue weighted by Crippen LogP contribution is -2.73. The summed E-state index contributed by atoms with van der Waals surface area (Å²) in [5, 5.41) is 10.2. The predicted molar refractivity (Wildman–Crippen MR) is 88.2 cm³/mol. The number of guanidine groups is 1. The van der Waals surface area contributed by atoms with Crippen molar-refractivity contribution in [1.29, 1.82) is 0 Å². The van der Waals surface area contributed by atoms with Crippen LogP contribution in [0.4, 0.5) is 0 Å². The van der Waals surface area contributed by atoms with Gasteiger partial charge in [-0.1, -0.05) is 6.42 Å². The molecule has 4 unspecified atom stereocenters. The van der Waals surface area contributed by atoms with Crippen molar-refractivity contribution in [3.63, 3.8) is 0 Å². The monoisotopic (exact) mass is 320 g/mol. The molecule has 2 saturated heterocycles. The van der Waals surface area contributed by atoms with Crippen molar-refractivity contribution in [3.05, 3.63) is 0 Å². The predicted octanol–water partition coefficient (Wildman–Crippen LogP) is 0.778. The summed E-state index contributed by atoms with van der Waals surface area (Å²) < 4.78 is 6.00. The Balaban J connectivity index is 1.40. The third-order valence-electron chi connectivity index (χ3n) is 6.25. The van der Waals surface area contributed by atoms with Crippen LogP contribution in [-0.4, -0.2) is 49.8 Å². The second kappa shape index (κ2) is 5.96. The van der Waals surface area contributed by atoms with Gasteiger partial charge in [0.15, 0.2) is 5.96 Å². The largest absolute Gasteiger partial charge is 0.377 e. The second-order valence-electron chi connectivity index (χ2n) is 7.46. The lowest BCUT2D eigenvalue weighted by Gasteiger charge is -2.63. The molecule has 0 aromatic rings. The Hall–Kier alpha value is -1.30. The van der Waals surface area contributed by atoms with Crippen molar-refractivity contribution in [1.82, 2.24) is 16.0 Å². The van der Waals surface area contributed by atoms with Gasteiger partial charge in [0, 0.05) is 49.5 Å². The van der Waals surface area contributed by atoms with Crippen molar-refractivity contribution < 1.29 is 9.53 Å². The molecule has 6 heteroatoms. The Morgan fingerprint density at radius 2 is 2.26 bits per heavy atom. The molecule has 0 aromatic heterocycles. The molecule has 6 nitrogen and oxygen atoms in total. The van der Waals surface area contributed by atoms with Gasteiger partial charge in [-0.15, -0.1) is 0 Å². The zero-order chi connectivity index (χ0) is 15.9.